The second kappa shape index (κ2) is 6.65. The molecule has 0 aliphatic heterocycles. The van der Waals surface area contributed by atoms with Crippen molar-refractivity contribution in [3.63, 3.8) is 0 Å². The van der Waals surface area contributed by atoms with Crippen LogP contribution in [0.5, 0.6) is 0 Å². The second-order valence-corrected chi connectivity index (χ2v) is 8.01. The molecular weight excluding hydrogens is 332 g/mol. The van der Waals surface area contributed by atoms with Crippen LogP contribution < -0.4 is 5.56 Å². The Hall–Kier alpha value is -1.34. The fourth-order valence-corrected chi connectivity index (χ4v) is 5.26. The van der Waals surface area contributed by atoms with Gasteiger partial charge in [0.2, 0.25) is 0 Å². The molecule has 2 aromatic rings. The molecule has 0 N–H and O–H groups in total. The first-order valence-electron chi connectivity index (χ1n) is 7.86. The zero-order valence-electron chi connectivity index (χ0n) is 13.5. The zero-order valence-corrected chi connectivity index (χ0v) is 15.2. The molecule has 7 heteroatoms. The minimum atomic E-state index is -0.392. The largest absolute Gasteiger partial charge is 0.468 e. The molecule has 0 spiro atoms. The number of carbonyl (C=O) groups is 1. The van der Waals surface area contributed by atoms with Crippen molar-refractivity contribution in [1.82, 2.24) is 9.55 Å². The van der Waals surface area contributed by atoms with Gasteiger partial charge in [-0.25, -0.2) is 4.98 Å². The predicted molar refractivity (Wildman–Crippen MR) is 93.5 cm³/mol. The maximum Gasteiger partial charge on any atom is 0.318 e. The molecule has 0 saturated heterocycles. The number of fused-ring (bicyclic) bond motifs is 3. The summed E-state index contributed by atoms with van der Waals surface area (Å²) in [5.74, 6) is -0.308. The molecule has 2 heterocycles. The normalized spacial score (nSPS) is 15.4. The molecule has 124 valence electrons. The van der Waals surface area contributed by atoms with Gasteiger partial charge < -0.3 is 4.74 Å². The van der Waals surface area contributed by atoms with E-state index in [1.54, 1.807) is 22.8 Å². The molecule has 1 aliphatic carbocycles. The van der Waals surface area contributed by atoms with E-state index in [1.165, 1.54) is 35.7 Å². The number of aryl methyl sites for hydroxylation is 2. The van der Waals surface area contributed by atoms with Gasteiger partial charge in [0, 0.05) is 11.4 Å². The summed E-state index contributed by atoms with van der Waals surface area (Å²) in [5.41, 5.74) is 1.23. The number of hydrogen-bond donors (Lipinski definition) is 0. The number of rotatable bonds is 4. The van der Waals surface area contributed by atoms with Crippen molar-refractivity contribution in [3.8, 4) is 0 Å². The fraction of sp³-hybridized carbons (Fsp3) is 0.562. The summed E-state index contributed by atoms with van der Waals surface area (Å²) in [4.78, 5) is 31.4. The number of nitrogens with zero attached hydrogens (tertiary/aromatic N) is 2. The molecule has 3 rings (SSSR count). The van der Waals surface area contributed by atoms with E-state index >= 15 is 0 Å². The molecule has 0 saturated carbocycles. The van der Waals surface area contributed by atoms with Crippen LogP contribution in [-0.4, -0.2) is 27.9 Å². The number of esters is 1. The van der Waals surface area contributed by atoms with Gasteiger partial charge in [0.25, 0.3) is 5.56 Å². The quantitative estimate of drug-likeness (QED) is 0.481. The topological polar surface area (TPSA) is 61.2 Å². The minimum Gasteiger partial charge on any atom is -0.468 e. The van der Waals surface area contributed by atoms with E-state index in [0.29, 0.717) is 11.7 Å². The highest BCUT2D eigenvalue weighted by molar-refractivity contribution is 8.00. The predicted octanol–water partition coefficient (Wildman–Crippen LogP) is 3.01. The lowest BCUT2D eigenvalue weighted by Crippen LogP contribution is -2.24. The number of thiophene rings is 1. The molecular formula is C16H20N2O3S2. The molecule has 23 heavy (non-hydrogen) atoms. The average molecular weight is 352 g/mol. The molecule has 1 atom stereocenters. The number of thioether (sulfide) groups is 1. The molecule has 0 fully saturated rings. The summed E-state index contributed by atoms with van der Waals surface area (Å²) in [6, 6.07) is 0. The van der Waals surface area contributed by atoms with E-state index in [-0.39, 0.29) is 11.5 Å². The Morgan fingerprint density at radius 3 is 2.87 bits per heavy atom. The fourth-order valence-electron chi connectivity index (χ4n) is 2.96. The van der Waals surface area contributed by atoms with Gasteiger partial charge in [0.1, 0.15) is 10.1 Å². The Balaban J connectivity index is 2.12. The number of ether oxygens (including phenoxy) is 1. The third-order valence-electron chi connectivity index (χ3n) is 4.17. The van der Waals surface area contributed by atoms with Crippen molar-refractivity contribution in [3.05, 3.63) is 20.8 Å². The van der Waals surface area contributed by atoms with Gasteiger partial charge in [-0.2, -0.15) is 0 Å². The maximum absolute atomic E-state index is 12.9. The highest BCUT2D eigenvalue weighted by Crippen LogP contribution is 2.35. The number of methoxy groups -OCH3 is 1. The summed E-state index contributed by atoms with van der Waals surface area (Å²) in [6.07, 6.45) is 4.34. The molecule has 5 nitrogen and oxygen atoms in total. The van der Waals surface area contributed by atoms with Gasteiger partial charge in [-0.1, -0.05) is 11.8 Å². The highest BCUT2D eigenvalue weighted by Gasteiger charge is 2.24. The first-order chi connectivity index (χ1) is 11.1. The minimum absolute atomic E-state index is 0.0245. The molecule has 1 unspecified atom stereocenters. The van der Waals surface area contributed by atoms with Crippen LogP contribution in [0.3, 0.4) is 0 Å². The molecule has 1 aliphatic rings. The lowest BCUT2D eigenvalue weighted by molar-refractivity contribution is -0.139. The maximum atomic E-state index is 12.9. The Kier molecular flexibility index (Phi) is 4.77. The molecule has 0 radical (unpaired) electrons. The van der Waals surface area contributed by atoms with Gasteiger partial charge in [-0.15, -0.1) is 11.3 Å². The van der Waals surface area contributed by atoms with Crippen LogP contribution in [0, 0.1) is 0 Å². The van der Waals surface area contributed by atoms with E-state index in [0.717, 1.165) is 29.5 Å². The van der Waals surface area contributed by atoms with E-state index in [1.807, 2.05) is 6.92 Å². The summed E-state index contributed by atoms with van der Waals surface area (Å²) in [5, 5.41) is 1.000. The van der Waals surface area contributed by atoms with Crippen LogP contribution in [0.15, 0.2) is 9.95 Å². The van der Waals surface area contributed by atoms with E-state index in [4.69, 9.17) is 9.72 Å². The number of hydrogen-bond acceptors (Lipinski definition) is 6. The monoisotopic (exact) mass is 352 g/mol. The Labute approximate surface area is 143 Å². The van der Waals surface area contributed by atoms with Crippen molar-refractivity contribution >= 4 is 39.3 Å². The van der Waals surface area contributed by atoms with Crippen LogP contribution >= 0.6 is 23.1 Å². The molecule has 0 bridgehead atoms. The molecule has 0 amide bonds. The highest BCUT2D eigenvalue weighted by atomic mass is 32.2. The van der Waals surface area contributed by atoms with Crippen molar-refractivity contribution in [1.29, 1.82) is 0 Å². The van der Waals surface area contributed by atoms with E-state index < -0.39 is 5.25 Å². The van der Waals surface area contributed by atoms with Crippen molar-refractivity contribution < 1.29 is 9.53 Å². The van der Waals surface area contributed by atoms with Crippen molar-refractivity contribution in [2.24, 2.45) is 0 Å². The SMILES string of the molecule is CCn1c(SC(C)C(=O)OC)nc2sc3c(c2c1=O)CCCC3. The van der Waals surface area contributed by atoms with Crippen LogP contribution in [0.1, 0.15) is 37.1 Å². The third kappa shape index (κ3) is 2.92. The zero-order chi connectivity index (χ0) is 16.6. The first kappa shape index (κ1) is 16.5. The van der Waals surface area contributed by atoms with Crippen molar-refractivity contribution in [2.75, 3.05) is 7.11 Å². The Morgan fingerprint density at radius 2 is 2.17 bits per heavy atom. The number of carbonyl (C=O) groups excluding carboxylic acids is 1. The van der Waals surface area contributed by atoms with Crippen LogP contribution in [0.4, 0.5) is 0 Å². The van der Waals surface area contributed by atoms with Crippen LogP contribution in [0.2, 0.25) is 0 Å². The van der Waals surface area contributed by atoms with Crippen LogP contribution in [-0.2, 0) is 28.9 Å². The Bertz CT molecular complexity index is 810. The lowest BCUT2D eigenvalue weighted by atomic mass is 9.97. The first-order valence-corrected chi connectivity index (χ1v) is 9.56. The van der Waals surface area contributed by atoms with Crippen LogP contribution in [0.25, 0.3) is 10.2 Å². The van der Waals surface area contributed by atoms with Gasteiger partial charge in [-0.05, 0) is 45.1 Å². The summed E-state index contributed by atoms with van der Waals surface area (Å²) >= 11 is 2.92. The Morgan fingerprint density at radius 1 is 1.43 bits per heavy atom. The average Bonchev–Trinajstić information content (AvgIpc) is 2.92. The summed E-state index contributed by atoms with van der Waals surface area (Å²) in [7, 11) is 1.37. The van der Waals surface area contributed by atoms with Crippen molar-refractivity contribution in [2.45, 2.75) is 56.5 Å². The van der Waals surface area contributed by atoms with Gasteiger partial charge in [0.15, 0.2) is 5.16 Å². The standard InChI is InChI=1S/C16H20N2O3S2/c1-4-18-14(19)12-10-7-5-6-8-11(10)23-13(12)17-16(18)22-9(2)15(20)21-3/h9H,4-8H2,1-3H3. The second-order valence-electron chi connectivity index (χ2n) is 5.62. The van der Waals surface area contributed by atoms with E-state index in [9.17, 15) is 9.59 Å². The van der Waals surface area contributed by atoms with Gasteiger partial charge >= 0.3 is 5.97 Å². The smallest absolute Gasteiger partial charge is 0.318 e. The molecule has 2 aromatic heterocycles. The van der Waals surface area contributed by atoms with Gasteiger partial charge in [0.05, 0.1) is 12.5 Å². The summed E-state index contributed by atoms with van der Waals surface area (Å²) in [6.45, 7) is 4.25. The number of aromatic nitrogens is 2. The summed E-state index contributed by atoms with van der Waals surface area (Å²) < 4.78 is 6.44. The third-order valence-corrected chi connectivity index (χ3v) is 6.43. The van der Waals surface area contributed by atoms with Gasteiger partial charge in [-0.3, -0.25) is 14.2 Å². The lowest BCUT2D eigenvalue weighted by Gasteiger charge is -2.14. The van der Waals surface area contributed by atoms with E-state index in [2.05, 4.69) is 0 Å². The molecule has 0 aromatic carbocycles.